The van der Waals surface area contributed by atoms with E-state index in [1.165, 1.54) is 51.4 Å². The van der Waals surface area contributed by atoms with Gasteiger partial charge in [0.25, 0.3) is 0 Å². The van der Waals surface area contributed by atoms with Crippen LogP contribution >= 0.6 is 0 Å². The third-order valence-electron chi connectivity index (χ3n) is 8.38. The van der Waals surface area contributed by atoms with Crippen LogP contribution in [0.4, 0.5) is 0 Å². The van der Waals surface area contributed by atoms with Gasteiger partial charge < -0.3 is 19.3 Å². The molecule has 0 rings (SSSR count). The fraction of sp³-hybridized carbons (Fsp3) is 0.443. The summed E-state index contributed by atoms with van der Waals surface area (Å²) in [6.07, 6.45) is 18.8. The van der Waals surface area contributed by atoms with E-state index in [1.807, 2.05) is 0 Å². The fourth-order valence-corrected chi connectivity index (χ4v) is 5.17. The van der Waals surface area contributed by atoms with Crippen LogP contribution in [0.2, 0.25) is 0 Å². The second-order valence-corrected chi connectivity index (χ2v) is 13.8. The van der Waals surface area contributed by atoms with E-state index in [0.29, 0.717) is 19.3 Å². The van der Waals surface area contributed by atoms with E-state index in [2.05, 4.69) is 203 Å². The maximum absolute atomic E-state index is 12.5. The molecule has 0 amide bonds. The first-order valence-corrected chi connectivity index (χ1v) is 22.6. The Balaban J connectivity index is 4.74. The number of aliphatic hydroxyl groups is 1. The predicted octanol–water partition coefficient (Wildman–Crippen LogP) is 7.34. The molecular formula is C61H56O6. The summed E-state index contributed by atoms with van der Waals surface area (Å²) in [6, 6.07) is 0. The molecule has 0 spiro atoms. The molecule has 336 valence electrons. The normalized spacial score (nSPS) is 8.66. The van der Waals surface area contributed by atoms with Crippen molar-refractivity contribution in [1.82, 2.24) is 0 Å². The summed E-state index contributed by atoms with van der Waals surface area (Å²) in [5.74, 6) is 79.3. The third-order valence-corrected chi connectivity index (χ3v) is 8.38. The summed E-state index contributed by atoms with van der Waals surface area (Å²) >= 11 is 0. The highest BCUT2D eigenvalue weighted by Gasteiger charge is 2.16. The van der Waals surface area contributed by atoms with Gasteiger partial charge in [-0.2, -0.15) is 0 Å². The molecule has 0 saturated carbocycles. The standard InChI is InChI=1S/C61H56O6/c1-4-7-10-13-15-17-19-20-21-22-23-24-25-26-27-28-29-30-31-32-33-34-35-36-37-38-40-42-43-46-49-52-60(63)66-58(51-48-45-12-9-6-3)54-55-65-57-59(56-62)67-61(64)53-50-47-44-41-39-18-16-14-11-8-5-2/h58-59,62H,5-6,8-9,11-12,14,16,18,39,41,44-45,47-48,50-51,53-57H2,1-3H3/t58-,59+/m1/s1. The second kappa shape index (κ2) is 50.5. The van der Waals surface area contributed by atoms with Crippen molar-refractivity contribution in [1.29, 1.82) is 0 Å². The minimum absolute atomic E-state index is 0.0562. The van der Waals surface area contributed by atoms with Gasteiger partial charge in [-0.1, -0.05) is 110 Å². The van der Waals surface area contributed by atoms with Crippen LogP contribution in [-0.4, -0.2) is 49.1 Å². The summed E-state index contributed by atoms with van der Waals surface area (Å²) < 4.78 is 16.8. The Morgan fingerprint density at radius 2 is 0.746 bits per heavy atom. The maximum Gasteiger partial charge on any atom is 0.385 e. The zero-order valence-corrected chi connectivity index (χ0v) is 39.2. The van der Waals surface area contributed by atoms with Crippen molar-refractivity contribution in [2.75, 3.05) is 19.8 Å². The first-order valence-electron chi connectivity index (χ1n) is 22.6. The van der Waals surface area contributed by atoms with Gasteiger partial charge in [0, 0.05) is 102 Å². The molecule has 0 heterocycles. The zero-order chi connectivity index (χ0) is 48.6. The van der Waals surface area contributed by atoms with Crippen LogP contribution in [0, 0.1) is 189 Å². The van der Waals surface area contributed by atoms with E-state index in [1.54, 1.807) is 6.92 Å². The van der Waals surface area contributed by atoms with E-state index in [0.717, 1.165) is 51.4 Å². The van der Waals surface area contributed by atoms with Gasteiger partial charge in [-0.3, -0.25) is 4.79 Å². The number of hydrogen-bond donors (Lipinski definition) is 1. The molecule has 0 aliphatic rings. The van der Waals surface area contributed by atoms with E-state index in [9.17, 15) is 14.7 Å². The second-order valence-electron chi connectivity index (χ2n) is 13.8. The van der Waals surface area contributed by atoms with Gasteiger partial charge in [-0.05, 0) is 121 Å². The van der Waals surface area contributed by atoms with Gasteiger partial charge in [0.15, 0.2) is 0 Å². The molecule has 6 nitrogen and oxygen atoms in total. The highest BCUT2D eigenvalue weighted by molar-refractivity contribution is 5.89. The van der Waals surface area contributed by atoms with Gasteiger partial charge in [0.05, 0.1) is 19.8 Å². The van der Waals surface area contributed by atoms with Crippen molar-refractivity contribution in [3.8, 4) is 189 Å². The molecular weight excluding hydrogens is 829 g/mol. The number of rotatable bonds is 26. The number of unbranched alkanes of at least 4 members (excludes halogenated alkanes) is 14. The van der Waals surface area contributed by atoms with Gasteiger partial charge >= 0.3 is 11.9 Å². The van der Waals surface area contributed by atoms with E-state index in [-0.39, 0.29) is 25.8 Å². The Morgan fingerprint density at radius 1 is 0.403 bits per heavy atom. The lowest BCUT2D eigenvalue weighted by Gasteiger charge is -2.19. The van der Waals surface area contributed by atoms with Crippen LogP contribution < -0.4 is 0 Å². The Labute approximate surface area is 403 Å². The molecule has 6 heteroatoms. The molecule has 2 atom stereocenters. The lowest BCUT2D eigenvalue weighted by Crippen LogP contribution is -2.28. The van der Waals surface area contributed by atoms with Crippen molar-refractivity contribution >= 4 is 11.9 Å². The monoisotopic (exact) mass is 884 g/mol. The average molecular weight is 885 g/mol. The number of carbonyl (C=O) groups is 2. The van der Waals surface area contributed by atoms with Crippen LogP contribution in [-0.2, 0) is 23.8 Å². The quantitative estimate of drug-likeness (QED) is 0.0424. The number of hydrogen-bond acceptors (Lipinski definition) is 6. The lowest BCUT2D eigenvalue weighted by molar-refractivity contribution is -0.155. The summed E-state index contributed by atoms with van der Waals surface area (Å²) in [5.41, 5.74) is 0. The molecule has 0 unspecified atom stereocenters. The molecule has 0 aliphatic carbocycles. The smallest absolute Gasteiger partial charge is 0.385 e. The van der Waals surface area contributed by atoms with Crippen LogP contribution in [0.5, 0.6) is 0 Å². The van der Waals surface area contributed by atoms with Gasteiger partial charge in [-0.15, -0.1) is 0 Å². The van der Waals surface area contributed by atoms with Crippen molar-refractivity contribution in [3.63, 3.8) is 0 Å². The summed E-state index contributed by atoms with van der Waals surface area (Å²) in [4.78, 5) is 24.8. The minimum atomic E-state index is -0.743. The largest absolute Gasteiger partial charge is 0.457 e. The first kappa shape index (κ1) is 58.8. The van der Waals surface area contributed by atoms with Crippen molar-refractivity contribution in [2.45, 2.75) is 155 Å². The van der Waals surface area contributed by atoms with Crippen LogP contribution in [0.3, 0.4) is 0 Å². The van der Waals surface area contributed by atoms with Crippen molar-refractivity contribution in [2.24, 2.45) is 0 Å². The predicted molar refractivity (Wildman–Crippen MR) is 267 cm³/mol. The fourth-order valence-electron chi connectivity index (χ4n) is 5.17. The van der Waals surface area contributed by atoms with Gasteiger partial charge in [-0.25, -0.2) is 4.79 Å². The molecule has 0 aromatic heterocycles. The van der Waals surface area contributed by atoms with E-state index in [4.69, 9.17) is 14.2 Å². The maximum atomic E-state index is 12.5. The Kier molecular flexibility index (Phi) is 44.3. The van der Waals surface area contributed by atoms with Gasteiger partial charge in [0.1, 0.15) is 12.2 Å². The Hall–Kier alpha value is -8.18. The number of aliphatic hydroxyl groups excluding tert-OH is 1. The SMILES string of the molecule is CC#CC#CC#CC#CC#CC#CC#CC#CC#CC#CC#CC#CC#CC#CC#CC#CC(=O)O[C@H](CCCCCCC)CCOC[C@H](CO)OC(=O)CCCCCCCCCCCCC. The average Bonchev–Trinajstić information content (AvgIpc) is 3.33. The topological polar surface area (TPSA) is 82.1 Å². The minimum Gasteiger partial charge on any atom is -0.457 e. The number of ether oxygens (including phenoxy) is 3. The Bertz CT molecular complexity index is 2620. The molecule has 1 N–H and O–H groups in total. The van der Waals surface area contributed by atoms with E-state index >= 15 is 0 Å². The van der Waals surface area contributed by atoms with Crippen LogP contribution in [0.1, 0.15) is 143 Å². The summed E-state index contributed by atoms with van der Waals surface area (Å²) in [7, 11) is 0. The van der Waals surface area contributed by atoms with Crippen LogP contribution in [0.15, 0.2) is 0 Å². The lowest BCUT2D eigenvalue weighted by atomic mass is 10.1. The first-order chi connectivity index (χ1) is 33.1. The molecule has 0 fully saturated rings. The summed E-state index contributed by atoms with van der Waals surface area (Å²) in [6.45, 7) is 6.06. The Morgan fingerprint density at radius 3 is 1.12 bits per heavy atom. The molecule has 0 saturated heterocycles. The molecule has 0 aliphatic heterocycles. The number of esters is 2. The molecule has 0 bridgehead atoms. The third kappa shape index (κ3) is 47.1. The zero-order valence-electron chi connectivity index (χ0n) is 39.2. The molecule has 0 radical (unpaired) electrons. The molecule has 67 heavy (non-hydrogen) atoms. The van der Waals surface area contributed by atoms with Crippen molar-refractivity contribution < 1.29 is 28.9 Å². The number of carbonyl (C=O) groups excluding carboxylic acids is 2. The molecule has 0 aromatic carbocycles. The van der Waals surface area contributed by atoms with Gasteiger partial charge in [0.2, 0.25) is 0 Å². The van der Waals surface area contributed by atoms with Crippen molar-refractivity contribution in [3.05, 3.63) is 0 Å². The highest BCUT2D eigenvalue weighted by atomic mass is 16.6. The highest BCUT2D eigenvalue weighted by Crippen LogP contribution is 2.14. The summed E-state index contributed by atoms with van der Waals surface area (Å²) in [5, 5.41) is 9.74. The van der Waals surface area contributed by atoms with E-state index < -0.39 is 18.2 Å². The molecule has 0 aromatic rings. The van der Waals surface area contributed by atoms with Crippen LogP contribution in [0.25, 0.3) is 0 Å².